The van der Waals surface area contributed by atoms with Crippen LogP contribution >= 0.6 is 0 Å². The van der Waals surface area contributed by atoms with E-state index in [9.17, 15) is 14.9 Å². The quantitative estimate of drug-likeness (QED) is 0.631. The number of nitro groups is 1. The van der Waals surface area contributed by atoms with Gasteiger partial charge in [-0.15, -0.1) is 0 Å². The van der Waals surface area contributed by atoms with Gasteiger partial charge in [-0.25, -0.2) is 0 Å². The maximum atomic E-state index is 13.0. The summed E-state index contributed by atoms with van der Waals surface area (Å²) in [5.41, 5.74) is 2.67. The minimum Gasteiger partial charge on any atom is -0.486 e. The van der Waals surface area contributed by atoms with Gasteiger partial charge in [0.2, 0.25) is 0 Å². The molecule has 0 unspecified atom stereocenters. The first kappa shape index (κ1) is 16.8. The molecule has 1 aliphatic heterocycles. The Balaban J connectivity index is 2.08. The molecule has 7 heteroatoms. The van der Waals surface area contributed by atoms with Crippen LogP contribution in [0.15, 0.2) is 30.3 Å². The minimum absolute atomic E-state index is 0.118. The van der Waals surface area contributed by atoms with Gasteiger partial charge >= 0.3 is 0 Å². The lowest BCUT2D eigenvalue weighted by atomic mass is 10.1. The summed E-state index contributed by atoms with van der Waals surface area (Å²) in [6, 6.07) is 8.18. The van der Waals surface area contributed by atoms with Crippen molar-refractivity contribution in [3.05, 3.63) is 57.1 Å². The first-order valence-corrected chi connectivity index (χ1v) is 7.82. The van der Waals surface area contributed by atoms with E-state index in [4.69, 9.17) is 9.47 Å². The van der Waals surface area contributed by atoms with Crippen LogP contribution in [0.3, 0.4) is 0 Å². The molecule has 2 aromatic carbocycles. The number of hydrogen-bond acceptors (Lipinski definition) is 5. The van der Waals surface area contributed by atoms with Crippen LogP contribution in [0.2, 0.25) is 0 Å². The number of hydrogen-bond donors (Lipinski definition) is 0. The third-order valence-electron chi connectivity index (χ3n) is 4.31. The predicted molar refractivity (Wildman–Crippen MR) is 92.7 cm³/mol. The molecule has 25 heavy (non-hydrogen) atoms. The molecule has 0 aromatic heterocycles. The number of aryl methyl sites for hydroxylation is 1. The van der Waals surface area contributed by atoms with Crippen LogP contribution in [0.25, 0.3) is 0 Å². The molecule has 0 saturated heterocycles. The highest BCUT2D eigenvalue weighted by atomic mass is 16.6. The lowest BCUT2D eigenvalue weighted by Gasteiger charge is -2.24. The highest BCUT2D eigenvalue weighted by molar-refractivity contribution is 6.09. The van der Waals surface area contributed by atoms with Gasteiger partial charge in [0.05, 0.1) is 16.6 Å². The number of ether oxygens (including phenoxy) is 2. The molecule has 7 nitrogen and oxygen atoms in total. The second-order valence-electron chi connectivity index (χ2n) is 5.86. The van der Waals surface area contributed by atoms with Crippen LogP contribution in [0.1, 0.15) is 21.5 Å². The van der Waals surface area contributed by atoms with Gasteiger partial charge in [-0.3, -0.25) is 14.9 Å². The number of benzene rings is 2. The van der Waals surface area contributed by atoms with Crippen molar-refractivity contribution in [1.29, 1.82) is 0 Å². The first-order valence-electron chi connectivity index (χ1n) is 7.82. The van der Waals surface area contributed by atoms with Crippen LogP contribution in [-0.4, -0.2) is 31.1 Å². The van der Waals surface area contributed by atoms with Crippen molar-refractivity contribution in [2.45, 2.75) is 13.8 Å². The van der Waals surface area contributed by atoms with Crippen molar-refractivity contribution in [2.75, 3.05) is 25.2 Å². The Bertz CT molecular complexity index is 863. The third kappa shape index (κ3) is 3.00. The van der Waals surface area contributed by atoms with Gasteiger partial charge < -0.3 is 14.4 Å². The molecule has 0 aliphatic carbocycles. The number of carbonyl (C=O) groups is 1. The summed E-state index contributed by atoms with van der Waals surface area (Å²) in [4.78, 5) is 25.1. The molecule has 1 aliphatic rings. The molecule has 0 fully saturated rings. The van der Waals surface area contributed by atoms with Gasteiger partial charge in [-0.1, -0.05) is 12.1 Å². The Labute approximate surface area is 144 Å². The Morgan fingerprint density at radius 1 is 1.20 bits per heavy atom. The Morgan fingerprint density at radius 2 is 1.92 bits per heavy atom. The van der Waals surface area contributed by atoms with E-state index in [1.807, 2.05) is 32.0 Å². The van der Waals surface area contributed by atoms with E-state index < -0.39 is 4.92 Å². The van der Waals surface area contributed by atoms with Crippen LogP contribution < -0.4 is 14.4 Å². The molecule has 0 atom stereocenters. The molecule has 3 rings (SSSR count). The zero-order valence-corrected chi connectivity index (χ0v) is 14.2. The normalized spacial score (nSPS) is 12.6. The highest BCUT2D eigenvalue weighted by Gasteiger charge is 2.28. The lowest BCUT2D eigenvalue weighted by Crippen LogP contribution is -2.29. The molecule has 130 valence electrons. The molecule has 1 amide bonds. The van der Waals surface area contributed by atoms with E-state index in [1.54, 1.807) is 7.05 Å². The van der Waals surface area contributed by atoms with E-state index in [2.05, 4.69) is 0 Å². The topological polar surface area (TPSA) is 81.9 Å². The summed E-state index contributed by atoms with van der Waals surface area (Å²) in [5.74, 6) is 0.0799. The maximum absolute atomic E-state index is 13.0. The number of nitro benzene ring substituents is 1. The van der Waals surface area contributed by atoms with Gasteiger partial charge in [-0.05, 0) is 31.0 Å². The van der Waals surface area contributed by atoms with Crippen molar-refractivity contribution in [2.24, 2.45) is 0 Å². The summed E-state index contributed by atoms with van der Waals surface area (Å²) < 4.78 is 11.0. The SMILES string of the molecule is Cc1cccc(N(C)C(=O)c2cc([N+](=O)[O-])cc3c2OCCO3)c1C. The summed E-state index contributed by atoms with van der Waals surface area (Å²) in [5, 5.41) is 11.2. The number of anilines is 1. The Morgan fingerprint density at radius 3 is 2.64 bits per heavy atom. The molecule has 0 N–H and O–H groups in total. The van der Waals surface area contributed by atoms with Crippen molar-refractivity contribution in [1.82, 2.24) is 0 Å². The minimum atomic E-state index is -0.549. The molecule has 1 heterocycles. The molecular weight excluding hydrogens is 324 g/mol. The van der Waals surface area contributed by atoms with Crippen molar-refractivity contribution < 1.29 is 19.2 Å². The highest BCUT2D eigenvalue weighted by Crippen LogP contribution is 2.39. The largest absolute Gasteiger partial charge is 0.486 e. The van der Waals surface area contributed by atoms with Crippen LogP contribution in [0.4, 0.5) is 11.4 Å². The first-order chi connectivity index (χ1) is 11.9. The van der Waals surface area contributed by atoms with Gasteiger partial charge in [0.15, 0.2) is 11.5 Å². The summed E-state index contributed by atoms with van der Waals surface area (Å²) in [7, 11) is 1.64. The standard InChI is InChI=1S/C18H18N2O5/c1-11-5-4-6-15(12(11)2)19(3)18(21)14-9-13(20(22)23)10-16-17(14)25-8-7-24-16/h4-6,9-10H,7-8H2,1-3H3. The van der Waals surface area contributed by atoms with E-state index >= 15 is 0 Å². The molecule has 0 saturated carbocycles. The van der Waals surface area contributed by atoms with E-state index in [-0.39, 0.29) is 41.9 Å². The number of nitrogens with zero attached hydrogens (tertiary/aromatic N) is 2. The Kier molecular flexibility index (Phi) is 4.31. The molecule has 2 aromatic rings. The zero-order chi connectivity index (χ0) is 18.1. The Hall–Kier alpha value is -3.09. The second-order valence-corrected chi connectivity index (χ2v) is 5.86. The lowest BCUT2D eigenvalue weighted by molar-refractivity contribution is -0.385. The van der Waals surface area contributed by atoms with Crippen LogP contribution in [-0.2, 0) is 0 Å². The van der Waals surface area contributed by atoms with E-state index in [0.717, 1.165) is 16.8 Å². The number of amides is 1. The smallest absolute Gasteiger partial charge is 0.274 e. The van der Waals surface area contributed by atoms with E-state index in [1.165, 1.54) is 17.0 Å². The fourth-order valence-electron chi connectivity index (χ4n) is 2.79. The molecular formula is C18H18N2O5. The maximum Gasteiger partial charge on any atom is 0.274 e. The molecule has 0 radical (unpaired) electrons. The van der Waals surface area contributed by atoms with Crippen molar-refractivity contribution >= 4 is 17.3 Å². The number of fused-ring (bicyclic) bond motifs is 1. The van der Waals surface area contributed by atoms with Crippen molar-refractivity contribution in [3.63, 3.8) is 0 Å². The van der Waals surface area contributed by atoms with Crippen LogP contribution in [0, 0.1) is 24.0 Å². The summed E-state index contributed by atoms with van der Waals surface area (Å²) in [6.07, 6.45) is 0. The fraction of sp³-hybridized carbons (Fsp3) is 0.278. The summed E-state index contributed by atoms with van der Waals surface area (Å²) >= 11 is 0. The van der Waals surface area contributed by atoms with E-state index in [0.29, 0.717) is 0 Å². The van der Waals surface area contributed by atoms with Gasteiger partial charge in [0, 0.05) is 18.8 Å². The van der Waals surface area contributed by atoms with Crippen molar-refractivity contribution in [3.8, 4) is 11.5 Å². The van der Waals surface area contributed by atoms with Gasteiger partial charge in [0.1, 0.15) is 13.2 Å². The van der Waals surface area contributed by atoms with Gasteiger partial charge in [-0.2, -0.15) is 0 Å². The molecule has 0 bridgehead atoms. The van der Waals surface area contributed by atoms with Gasteiger partial charge in [0.25, 0.3) is 11.6 Å². The average Bonchev–Trinajstić information content (AvgIpc) is 2.61. The third-order valence-corrected chi connectivity index (χ3v) is 4.31. The number of carbonyl (C=O) groups excluding carboxylic acids is 1. The second kappa shape index (κ2) is 6.43. The number of rotatable bonds is 3. The number of non-ortho nitro benzene ring substituents is 1. The molecule has 0 spiro atoms. The average molecular weight is 342 g/mol. The predicted octanol–water partition coefficient (Wildman–Crippen LogP) is 3.26. The van der Waals surface area contributed by atoms with Crippen LogP contribution in [0.5, 0.6) is 11.5 Å². The monoisotopic (exact) mass is 342 g/mol. The fourth-order valence-corrected chi connectivity index (χ4v) is 2.79. The zero-order valence-electron chi connectivity index (χ0n) is 14.2. The summed E-state index contributed by atoms with van der Waals surface area (Å²) in [6.45, 7) is 4.47.